The molecule has 0 spiro atoms. The monoisotopic (exact) mass is 381 g/mol. The van der Waals surface area contributed by atoms with Crippen molar-refractivity contribution in [1.82, 2.24) is 0 Å². The average molecular weight is 382 g/mol. The summed E-state index contributed by atoms with van der Waals surface area (Å²) in [5.41, 5.74) is -0.260. The smallest absolute Gasteiger partial charge is 0.263 e. The molecule has 1 aromatic carbocycles. The summed E-state index contributed by atoms with van der Waals surface area (Å²) in [4.78, 5) is 16.4. The van der Waals surface area contributed by atoms with Gasteiger partial charge in [-0.1, -0.05) is 18.0 Å². The van der Waals surface area contributed by atoms with Crippen LogP contribution in [0.5, 0.6) is 5.75 Å². The summed E-state index contributed by atoms with van der Waals surface area (Å²) in [5.74, 6) is -0.639. The zero-order chi connectivity index (χ0) is 18.6. The second kappa shape index (κ2) is 8.33. The van der Waals surface area contributed by atoms with Crippen molar-refractivity contribution in [3.63, 3.8) is 0 Å². The Morgan fingerprint density at radius 2 is 1.96 bits per heavy atom. The Bertz CT molecular complexity index is 683. The van der Waals surface area contributed by atoms with Crippen molar-refractivity contribution < 1.29 is 19.7 Å². The van der Waals surface area contributed by atoms with Gasteiger partial charge in [-0.25, -0.2) is 0 Å². The van der Waals surface area contributed by atoms with E-state index in [4.69, 9.17) is 16.3 Å². The number of benzene rings is 1. The van der Waals surface area contributed by atoms with Crippen molar-refractivity contribution in [3.05, 3.63) is 32.8 Å². The quantitative estimate of drug-likeness (QED) is 0.473. The highest BCUT2D eigenvalue weighted by Crippen LogP contribution is 2.30. The van der Waals surface area contributed by atoms with Gasteiger partial charge in [0.25, 0.3) is 5.69 Å². The topological polar surface area (TPSA) is 92.2 Å². The van der Waals surface area contributed by atoms with Crippen LogP contribution in [-0.2, 0) is 4.74 Å². The molecule has 1 saturated heterocycles. The Labute approximate surface area is 157 Å². The lowest BCUT2D eigenvalue weighted by Gasteiger charge is -2.44. The first-order chi connectivity index (χ1) is 12.5. The number of hydrogen-bond acceptors (Lipinski definition) is 5. The van der Waals surface area contributed by atoms with E-state index in [9.17, 15) is 15.2 Å². The maximum atomic E-state index is 12.2. The molecule has 1 aliphatic carbocycles. The van der Waals surface area contributed by atoms with E-state index >= 15 is 0 Å². The van der Waals surface area contributed by atoms with Crippen molar-refractivity contribution in [1.29, 1.82) is 0 Å². The summed E-state index contributed by atoms with van der Waals surface area (Å²) in [5, 5.41) is 23.4. The van der Waals surface area contributed by atoms with Crippen LogP contribution >= 0.6 is 11.6 Å². The summed E-state index contributed by atoms with van der Waals surface area (Å²) >= 11 is 5.92. The molecule has 0 radical (unpaired) electrons. The van der Waals surface area contributed by atoms with Crippen LogP contribution in [0.25, 0.3) is 0 Å². The predicted molar refractivity (Wildman–Crippen MR) is 97.3 cm³/mol. The van der Waals surface area contributed by atoms with E-state index in [0.717, 1.165) is 45.2 Å². The molecule has 142 valence electrons. The second-order valence-corrected chi connectivity index (χ2v) is 7.56. The molecule has 1 N–H and O–H groups in total. The van der Waals surface area contributed by atoms with Crippen molar-refractivity contribution in [2.24, 2.45) is 4.99 Å². The molecule has 26 heavy (non-hydrogen) atoms. The Kier molecular flexibility index (Phi) is 6.11. The van der Waals surface area contributed by atoms with Crippen LogP contribution in [0.15, 0.2) is 17.1 Å². The molecule has 0 atom stereocenters. The van der Waals surface area contributed by atoms with Crippen LogP contribution < -0.4 is 10.0 Å². The Morgan fingerprint density at radius 3 is 2.62 bits per heavy atom. The summed E-state index contributed by atoms with van der Waals surface area (Å²) in [6, 6.07) is 2.53. The second-order valence-electron chi connectivity index (χ2n) is 7.13. The Morgan fingerprint density at radius 1 is 1.27 bits per heavy atom. The molecule has 2 aliphatic rings. The number of nitro groups is 1. The van der Waals surface area contributed by atoms with Gasteiger partial charge in [0.05, 0.1) is 24.7 Å². The van der Waals surface area contributed by atoms with Crippen LogP contribution in [0.3, 0.4) is 0 Å². The van der Waals surface area contributed by atoms with E-state index in [0.29, 0.717) is 6.54 Å². The SMILES string of the molecule is O=[N+]([O-])c1cc(Cl)cc(C=NCC2([NH+]3CCOCC3)CCCCC2)c1[O-]. The first kappa shape index (κ1) is 19.1. The molecule has 1 saturated carbocycles. The minimum absolute atomic E-state index is 0.0755. The van der Waals surface area contributed by atoms with Crippen LogP contribution in [0.4, 0.5) is 5.69 Å². The van der Waals surface area contributed by atoms with E-state index in [-0.39, 0.29) is 16.1 Å². The average Bonchev–Trinajstić information content (AvgIpc) is 2.65. The van der Waals surface area contributed by atoms with Crippen molar-refractivity contribution >= 4 is 23.5 Å². The number of rotatable bonds is 5. The van der Waals surface area contributed by atoms with E-state index in [1.807, 2.05) is 0 Å². The highest BCUT2D eigenvalue weighted by atomic mass is 35.5. The van der Waals surface area contributed by atoms with Gasteiger partial charge in [0, 0.05) is 30.1 Å². The largest absolute Gasteiger partial charge is 0.867 e. The Balaban J connectivity index is 1.80. The van der Waals surface area contributed by atoms with Gasteiger partial charge in [-0.3, -0.25) is 15.1 Å². The van der Waals surface area contributed by atoms with Crippen LogP contribution in [-0.4, -0.2) is 49.5 Å². The summed E-state index contributed by atoms with van der Waals surface area (Å²) < 4.78 is 5.49. The van der Waals surface area contributed by atoms with Gasteiger partial charge < -0.3 is 14.7 Å². The minimum atomic E-state index is -0.702. The zero-order valence-electron chi connectivity index (χ0n) is 14.7. The van der Waals surface area contributed by atoms with Gasteiger partial charge in [-0.15, -0.1) is 0 Å². The van der Waals surface area contributed by atoms with Gasteiger partial charge in [0.15, 0.2) is 0 Å². The summed E-state index contributed by atoms with van der Waals surface area (Å²) in [6.45, 7) is 4.11. The van der Waals surface area contributed by atoms with Crippen LogP contribution in [0.1, 0.15) is 37.7 Å². The lowest BCUT2D eigenvalue weighted by molar-refractivity contribution is -0.959. The standard InChI is InChI=1S/C18H24ClN3O4/c19-15-10-14(17(23)16(11-15)22(24)25)12-20-13-18(4-2-1-3-5-18)21-6-8-26-9-7-21/h10-12,23H,1-9,13H2. The van der Waals surface area contributed by atoms with E-state index < -0.39 is 16.4 Å². The number of hydrogen-bond donors (Lipinski definition) is 1. The fourth-order valence-electron chi connectivity index (χ4n) is 4.15. The molecular weight excluding hydrogens is 358 g/mol. The molecule has 1 aromatic rings. The molecule has 1 aliphatic heterocycles. The van der Waals surface area contributed by atoms with Gasteiger partial charge >= 0.3 is 0 Å². The van der Waals surface area contributed by atoms with Gasteiger partial charge in [0.1, 0.15) is 18.6 Å². The highest BCUT2D eigenvalue weighted by Gasteiger charge is 2.42. The maximum Gasteiger partial charge on any atom is 0.263 e. The van der Waals surface area contributed by atoms with Crippen molar-refractivity contribution in [3.8, 4) is 5.75 Å². The molecule has 7 nitrogen and oxygen atoms in total. The number of quaternary nitrogens is 1. The van der Waals surface area contributed by atoms with Crippen LogP contribution in [0.2, 0.25) is 5.02 Å². The van der Waals surface area contributed by atoms with Gasteiger partial charge in [-0.2, -0.15) is 0 Å². The third kappa shape index (κ3) is 4.16. The lowest BCUT2D eigenvalue weighted by atomic mass is 9.80. The number of nitrogens with zero attached hydrogens (tertiary/aromatic N) is 2. The lowest BCUT2D eigenvalue weighted by Crippen LogP contribution is -3.22. The molecular formula is C18H24ClN3O4. The van der Waals surface area contributed by atoms with Crippen molar-refractivity contribution in [2.45, 2.75) is 37.6 Å². The Hall–Kier alpha value is -1.70. The van der Waals surface area contributed by atoms with Gasteiger partial charge in [-0.05, 0) is 30.2 Å². The number of aliphatic imine (C=N–C) groups is 1. The maximum absolute atomic E-state index is 12.2. The molecule has 1 heterocycles. The number of nitro benzene ring substituents is 1. The number of ether oxygens (including phenoxy) is 1. The minimum Gasteiger partial charge on any atom is -0.867 e. The molecule has 0 bridgehead atoms. The highest BCUT2D eigenvalue weighted by molar-refractivity contribution is 6.31. The van der Waals surface area contributed by atoms with Crippen LogP contribution in [0, 0.1) is 10.1 Å². The van der Waals surface area contributed by atoms with E-state index in [1.54, 1.807) is 0 Å². The first-order valence-corrected chi connectivity index (χ1v) is 9.47. The molecule has 0 aromatic heterocycles. The third-order valence-corrected chi connectivity index (χ3v) is 5.76. The van der Waals surface area contributed by atoms with E-state index in [2.05, 4.69) is 4.99 Å². The summed E-state index contributed by atoms with van der Waals surface area (Å²) in [7, 11) is 0. The molecule has 2 fully saturated rings. The normalized spacial score (nSPS) is 21.1. The number of nitrogens with one attached hydrogen (secondary N) is 1. The van der Waals surface area contributed by atoms with Gasteiger partial charge in [0.2, 0.25) is 0 Å². The predicted octanol–water partition coefficient (Wildman–Crippen LogP) is 1.36. The number of morpholine rings is 1. The molecule has 0 unspecified atom stereocenters. The third-order valence-electron chi connectivity index (χ3n) is 5.54. The first-order valence-electron chi connectivity index (χ1n) is 9.09. The molecule has 0 amide bonds. The molecule has 8 heteroatoms. The fourth-order valence-corrected chi connectivity index (χ4v) is 4.37. The zero-order valence-corrected chi connectivity index (χ0v) is 15.5. The molecule has 3 rings (SSSR count). The fraction of sp³-hybridized carbons (Fsp3) is 0.611. The summed E-state index contributed by atoms with van der Waals surface area (Å²) in [6.07, 6.45) is 7.31. The van der Waals surface area contributed by atoms with E-state index in [1.165, 1.54) is 36.4 Å². The van der Waals surface area contributed by atoms with Crippen molar-refractivity contribution in [2.75, 3.05) is 32.8 Å². The number of halogens is 1.